The zero-order chi connectivity index (χ0) is 21.1. The molecular formula is C22H33N3O4S. The van der Waals surface area contributed by atoms with E-state index in [-0.39, 0.29) is 22.6 Å². The highest BCUT2D eigenvalue weighted by Gasteiger charge is 2.30. The summed E-state index contributed by atoms with van der Waals surface area (Å²) in [7, 11) is -2.29. The van der Waals surface area contributed by atoms with Gasteiger partial charge in [0.25, 0.3) is 5.91 Å². The number of methoxy groups -OCH3 is 1. The number of amides is 1. The van der Waals surface area contributed by atoms with Crippen molar-refractivity contribution < 1.29 is 17.9 Å². The molecule has 0 unspecified atom stereocenters. The van der Waals surface area contributed by atoms with Crippen LogP contribution in [0.1, 0.15) is 61.7 Å². The van der Waals surface area contributed by atoms with Gasteiger partial charge in [-0.15, -0.1) is 0 Å². The molecule has 3 fully saturated rings. The summed E-state index contributed by atoms with van der Waals surface area (Å²) in [6.07, 6.45) is 8.30. The summed E-state index contributed by atoms with van der Waals surface area (Å²) in [4.78, 5) is 17.6. The number of carbonyl (C=O) groups is 1. The molecule has 0 bridgehead atoms. The first kappa shape index (κ1) is 21.6. The van der Waals surface area contributed by atoms with Crippen LogP contribution in [0.4, 0.5) is 0 Å². The lowest BCUT2D eigenvalue weighted by Crippen LogP contribution is -2.45. The van der Waals surface area contributed by atoms with E-state index in [2.05, 4.69) is 9.62 Å². The summed E-state index contributed by atoms with van der Waals surface area (Å²) < 4.78 is 34.1. The molecule has 8 heteroatoms. The SMILES string of the molecule is COc1ccc(C(=O)N2CCC(N3CCCC3)CC2)cc1S(=O)(=O)NC1CCCC1. The van der Waals surface area contributed by atoms with Gasteiger partial charge in [0, 0.05) is 30.7 Å². The van der Waals surface area contributed by atoms with Crippen molar-refractivity contribution in [3.63, 3.8) is 0 Å². The molecule has 3 aliphatic rings. The second-order valence-electron chi connectivity index (χ2n) is 8.73. The number of hydrogen-bond donors (Lipinski definition) is 1. The van der Waals surface area contributed by atoms with E-state index in [0.29, 0.717) is 24.7 Å². The minimum Gasteiger partial charge on any atom is -0.495 e. The normalized spacial score (nSPS) is 22.0. The number of hydrogen-bond acceptors (Lipinski definition) is 5. The van der Waals surface area contributed by atoms with E-state index in [1.54, 1.807) is 12.1 Å². The van der Waals surface area contributed by atoms with Gasteiger partial charge in [0.05, 0.1) is 7.11 Å². The molecule has 0 radical (unpaired) electrons. The van der Waals surface area contributed by atoms with Crippen molar-refractivity contribution in [2.45, 2.75) is 68.3 Å². The lowest BCUT2D eigenvalue weighted by molar-refractivity contribution is 0.0644. The van der Waals surface area contributed by atoms with Crippen LogP contribution in [-0.2, 0) is 10.0 Å². The zero-order valence-corrected chi connectivity index (χ0v) is 18.6. The van der Waals surface area contributed by atoms with Gasteiger partial charge in [0.15, 0.2) is 0 Å². The fraction of sp³-hybridized carbons (Fsp3) is 0.682. The molecule has 30 heavy (non-hydrogen) atoms. The Morgan fingerprint density at radius 1 is 1.00 bits per heavy atom. The largest absolute Gasteiger partial charge is 0.495 e. The lowest BCUT2D eigenvalue weighted by Gasteiger charge is -2.36. The molecule has 0 aromatic heterocycles. The number of rotatable bonds is 6. The highest BCUT2D eigenvalue weighted by molar-refractivity contribution is 7.89. The first-order valence-electron chi connectivity index (χ1n) is 11.2. The summed E-state index contributed by atoms with van der Waals surface area (Å²) in [5, 5.41) is 0. The number of likely N-dealkylation sites (tertiary alicyclic amines) is 2. The van der Waals surface area contributed by atoms with Crippen LogP contribution in [0.3, 0.4) is 0 Å². The van der Waals surface area contributed by atoms with Gasteiger partial charge >= 0.3 is 0 Å². The fourth-order valence-corrected chi connectivity index (χ4v) is 6.57. The average molecular weight is 436 g/mol. The Morgan fingerprint density at radius 3 is 2.30 bits per heavy atom. The average Bonchev–Trinajstić information content (AvgIpc) is 3.47. The molecular weight excluding hydrogens is 402 g/mol. The van der Waals surface area contributed by atoms with Crippen LogP contribution in [0.25, 0.3) is 0 Å². The summed E-state index contributed by atoms with van der Waals surface area (Å²) in [6.45, 7) is 3.78. The van der Waals surface area contributed by atoms with Crippen molar-refractivity contribution in [3.05, 3.63) is 23.8 Å². The van der Waals surface area contributed by atoms with Gasteiger partial charge < -0.3 is 14.5 Å². The fourth-order valence-electron chi connectivity index (χ4n) is 5.07. The van der Waals surface area contributed by atoms with Gasteiger partial charge in [-0.25, -0.2) is 13.1 Å². The predicted molar refractivity (Wildman–Crippen MR) is 115 cm³/mol. The molecule has 1 saturated carbocycles. The highest BCUT2D eigenvalue weighted by atomic mass is 32.2. The van der Waals surface area contributed by atoms with Crippen LogP contribution in [0.2, 0.25) is 0 Å². The Balaban J connectivity index is 1.47. The predicted octanol–water partition coefficient (Wildman–Crippen LogP) is 2.62. The maximum atomic E-state index is 13.1. The van der Waals surface area contributed by atoms with E-state index >= 15 is 0 Å². The van der Waals surface area contributed by atoms with Crippen molar-refractivity contribution in [2.75, 3.05) is 33.3 Å². The molecule has 1 N–H and O–H groups in total. The number of benzene rings is 1. The maximum Gasteiger partial charge on any atom is 0.253 e. The van der Waals surface area contributed by atoms with E-state index in [1.165, 1.54) is 39.1 Å². The summed E-state index contributed by atoms with van der Waals surface area (Å²) in [5.41, 5.74) is 0.405. The number of nitrogens with one attached hydrogen (secondary N) is 1. The van der Waals surface area contributed by atoms with E-state index in [1.807, 2.05) is 4.90 Å². The van der Waals surface area contributed by atoms with Crippen LogP contribution >= 0.6 is 0 Å². The standard InChI is InChI=1S/C22H33N3O4S/c1-29-20-9-8-17(16-21(20)30(27,28)23-18-6-2-3-7-18)22(26)25-14-10-19(11-15-25)24-12-4-5-13-24/h8-9,16,18-19,23H,2-7,10-15H2,1H3. The van der Waals surface area contributed by atoms with Crippen LogP contribution in [0, 0.1) is 0 Å². The number of nitrogens with zero attached hydrogens (tertiary/aromatic N) is 2. The highest BCUT2D eigenvalue weighted by Crippen LogP contribution is 2.28. The van der Waals surface area contributed by atoms with Crippen molar-refractivity contribution in [3.8, 4) is 5.75 Å². The first-order chi connectivity index (χ1) is 14.5. The number of piperidine rings is 1. The summed E-state index contributed by atoms with van der Waals surface area (Å²) in [6, 6.07) is 5.27. The second-order valence-corrected chi connectivity index (χ2v) is 10.4. The minimum atomic E-state index is -3.75. The van der Waals surface area contributed by atoms with Gasteiger partial charge in [-0.2, -0.15) is 0 Å². The molecule has 1 aromatic carbocycles. The molecule has 2 heterocycles. The quantitative estimate of drug-likeness (QED) is 0.743. The smallest absolute Gasteiger partial charge is 0.253 e. The molecule has 166 valence electrons. The summed E-state index contributed by atoms with van der Waals surface area (Å²) in [5.74, 6) is 0.166. The Kier molecular flexibility index (Phi) is 6.65. The Hall–Kier alpha value is -1.64. The zero-order valence-electron chi connectivity index (χ0n) is 17.8. The van der Waals surface area contributed by atoms with Crippen molar-refractivity contribution in [1.29, 1.82) is 0 Å². The van der Waals surface area contributed by atoms with Crippen LogP contribution in [-0.4, -0.2) is 69.5 Å². The van der Waals surface area contributed by atoms with Crippen molar-refractivity contribution in [1.82, 2.24) is 14.5 Å². The molecule has 0 atom stereocenters. The van der Waals surface area contributed by atoms with Crippen molar-refractivity contribution in [2.24, 2.45) is 0 Å². The second kappa shape index (κ2) is 9.24. The van der Waals surface area contributed by atoms with Crippen molar-refractivity contribution >= 4 is 15.9 Å². The monoisotopic (exact) mass is 435 g/mol. The molecule has 1 aromatic rings. The van der Waals surface area contributed by atoms with E-state index < -0.39 is 10.0 Å². The van der Waals surface area contributed by atoms with Gasteiger partial charge in [0.2, 0.25) is 10.0 Å². The van der Waals surface area contributed by atoms with Gasteiger partial charge in [-0.3, -0.25) is 4.79 Å². The van der Waals surface area contributed by atoms with E-state index in [0.717, 1.165) is 38.5 Å². The van der Waals surface area contributed by atoms with Crippen LogP contribution < -0.4 is 9.46 Å². The Bertz CT molecular complexity index is 853. The molecule has 1 aliphatic carbocycles. The number of carbonyl (C=O) groups excluding carboxylic acids is 1. The van der Waals surface area contributed by atoms with E-state index in [4.69, 9.17) is 4.74 Å². The molecule has 7 nitrogen and oxygen atoms in total. The third-order valence-corrected chi connectivity index (χ3v) is 8.33. The number of ether oxygens (including phenoxy) is 1. The molecule has 1 amide bonds. The Morgan fingerprint density at radius 2 is 1.67 bits per heavy atom. The summed E-state index contributed by atoms with van der Waals surface area (Å²) >= 11 is 0. The molecule has 2 saturated heterocycles. The molecule has 2 aliphatic heterocycles. The minimum absolute atomic E-state index is 0.0383. The van der Waals surface area contributed by atoms with Crippen LogP contribution in [0.5, 0.6) is 5.75 Å². The topological polar surface area (TPSA) is 79.0 Å². The maximum absolute atomic E-state index is 13.1. The van der Waals surface area contributed by atoms with Gasteiger partial charge in [-0.1, -0.05) is 12.8 Å². The van der Waals surface area contributed by atoms with Crippen LogP contribution in [0.15, 0.2) is 23.1 Å². The van der Waals surface area contributed by atoms with Gasteiger partial charge in [-0.05, 0) is 69.8 Å². The van der Waals surface area contributed by atoms with E-state index in [9.17, 15) is 13.2 Å². The third-order valence-electron chi connectivity index (χ3n) is 6.79. The van der Waals surface area contributed by atoms with Gasteiger partial charge in [0.1, 0.15) is 10.6 Å². The molecule has 0 spiro atoms. The lowest BCUT2D eigenvalue weighted by atomic mass is 10.0. The Labute approximate surface area is 179 Å². The molecule has 4 rings (SSSR count). The number of sulfonamides is 1. The third kappa shape index (κ3) is 4.65. The first-order valence-corrected chi connectivity index (χ1v) is 12.7.